The minimum absolute atomic E-state index is 0.599. The molecule has 94 valence electrons. The molecule has 0 spiro atoms. The van der Waals surface area contributed by atoms with Gasteiger partial charge in [-0.15, -0.1) is 0 Å². The molecule has 2 aromatic rings. The first-order valence-corrected chi connectivity index (χ1v) is 6.90. The number of ether oxygens (including phenoxy) is 1. The fourth-order valence-corrected chi connectivity index (χ4v) is 2.09. The largest absolute Gasteiger partial charge is 0.493 e. The van der Waals surface area contributed by atoms with E-state index >= 15 is 0 Å². The topological polar surface area (TPSA) is 35.0 Å². The zero-order chi connectivity index (χ0) is 12.8. The molecule has 1 heterocycles. The third-order valence-electron chi connectivity index (χ3n) is 2.14. The second-order valence-corrected chi connectivity index (χ2v) is 5.20. The minimum Gasteiger partial charge on any atom is -0.493 e. The third kappa shape index (κ3) is 4.20. The maximum atomic E-state index is 5.86. The van der Waals surface area contributed by atoms with E-state index in [0.717, 1.165) is 22.2 Å². The summed E-state index contributed by atoms with van der Waals surface area (Å²) in [6.07, 6.45) is 3.63. The van der Waals surface area contributed by atoms with E-state index in [1.807, 2.05) is 37.5 Å². The predicted molar refractivity (Wildman–Crippen MR) is 74.4 cm³/mol. The van der Waals surface area contributed by atoms with Crippen LogP contribution in [-0.4, -0.2) is 22.3 Å². The van der Waals surface area contributed by atoms with E-state index in [1.54, 1.807) is 17.8 Å². The molecule has 1 aromatic heterocycles. The first kappa shape index (κ1) is 13.2. The highest BCUT2D eigenvalue weighted by atomic mass is 35.5. The lowest BCUT2D eigenvalue weighted by molar-refractivity contribution is 0.344. The molecule has 0 amide bonds. The Morgan fingerprint density at radius 1 is 1.28 bits per heavy atom. The summed E-state index contributed by atoms with van der Waals surface area (Å²) in [5.74, 6) is 1.59. The van der Waals surface area contributed by atoms with Gasteiger partial charge >= 0.3 is 0 Å². The summed E-state index contributed by atoms with van der Waals surface area (Å²) in [5, 5.41) is 1.46. The van der Waals surface area contributed by atoms with Crippen molar-refractivity contribution in [3.05, 3.63) is 47.2 Å². The van der Waals surface area contributed by atoms with Crippen LogP contribution in [0.5, 0.6) is 5.75 Å². The van der Waals surface area contributed by atoms with Gasteiger partial charge in [0.05, 0.1) is 6.61 Å². The summed E-state index contributed by atoms with van der Waals surface area (Å²) >= 11 is 7.44. The monoisotopic (exact) mass is 280 g/mol. The van der Waals surface area contributed by atoms with Gasteiger partial charge in [0.1, 0.15) is 5.75 Å². The molecule has 0 aliphatic carbocycles. The summed E-state index contributed by atoms with van der Waals surface area (Å²) in [7, 11) is 0. The van der Waals surface area contributed by atoms with Crippen LogP contribution in [-0.2, 0) is 0 Å². The van der Waals surface area contributed by atoms with Crippen molar-refractivity contribution in [1.29, 1.82) is 0 Å². The van der Waals surface area contributed by atoms with Crippen molar-refractivity contribution in [3.8, 4) is 5.75 Å². The van der Waals surface area contributed by atoms with Crippen LogP contribution in [0.4, 0.5) is 0 Å². The zero-order valence-corrected chi connectivity index (χ0v) is 11.5. The first-order valence-electron chi connectivity index (χ1n) is 5.54. The van der Waals surface area contributed by atoms with Gasteiger partial charge in [0.2, 0.25) is 0 Å². The second-order valence-electron chi connectivity index (χ2n) is 3.70. The Balaban J connectivity index is 1.74. The van der Waals surface area contributed by atoms with E-state index in [0.29, 0.717) is 11.6 Å². The highest BCUT2D eigenvalue weighted by Gasteiger charge is 1.98. The quantitative estimate of drug-likeness (QED) is 0.476. The van der Waals surface area contributed by atoms with E-state index < -0.39 is 0 Å². The fraction of sp³-hybridized carbons (Fsp3) is 0.231. The van der Waals surface area contributed by atoms with Gasteiger partial charge in [0.15, 0.2) is 5.16 Å². The van der Waals surface area contributed by atoms with Gasteiger partial charge in [-0.05, 0) is 30.7 Å². The first-order chi connectivity index (χ1) is 8.74. The highest BCUT2D eigenvalue weighted by molar-refractivity contribution is 7.99. The van der Waals surface area contributed by atoms with Gasteiger partial charge in [0, 0.05) is 23.2 Å². The van der Waals surface area contributed by atoms with Crippen molar-refractivity contribution in [2.24, 2.45) is 0 Å². The van der Waals surface area contributed by atoms with Crippen molar-refractivity contribution in [1.82, 2.24) is 9.97 Å². The van der Waals surface area contributed by atoms with Crippen LogP contribution in [0.1, 0.15) is 5.56 Å². The Bertz CT molecular complexity index is 505. The molecule has 0 fully saturated rings. The average Bonchev–Trinajstić information content (AvgIpc) is 2.37. The number of nitrogens with zero attached hydrogens (tertiary/aromatic N) is 2. The number of hydrogen-bond acceptors (Lipinski definition) is 4. The van der Waals surface area contributed by atoms with Gasteiger partial charge in [-0.2, -0.15) is 0 Å². The zero-order valence-electron chi connectivity index (χ0n) is 9.97. The minimum atomic E-state index is 0.599. The van der Waals surface area contributed by atoms with Crippen LogP contribution < -0.4 is 4.74 Å². The molecule has 18 heavy (non-hydrogen) atoms. The molecule has 0 aliphatic rings. The maximum absolute atomic E-state index is 5.86. The molecule has 0 unspecified atom stereocenters. The van der Waals surface area contributed by atoms with Gasteiger partial charge in [0.25, 0.3) is 0 Å². The lowest BCUT2D eigenvalue weighted by Gasteiger charge is -2.05. The molecular weight excluding hydrogens is 268 g/mol. The fourth-order valence-electron chi connectivity index (χ4n) is 1.30. The lowest BCUT2D eigenvalue weighted by Crippen LogP contribution is -2.00. The number of aromatic nitrogens is 2. The number of hydrogen-bond donors (Lipinski definition) is 0. The summed E-state index contributed by atoms with van der Waals surface area (Å²) < 4.78 is 5.57. The third-order valence-corrected chi connectivity index (χ3v) is 3.21. The molecule has 0 radical (unpaired) electrons. The molecular formula is C13H13ClN2OS. The molecule has 5 heteroatoms. The maximum Gasteiger partial charge on any atom is 0.187 e. The van der Waals surface area contributed by atoms with E-state index in [-0.39, 0.29) is 0 Å². The van der Waals surface area contributed by atoms with Crippen molar-refractivity contribution < 1.29 is 4.74 Å². The lowest BCUT2D eigenvalue weighted by atomic mass is 10.3. The Labute approximate surface area is 116 Å². The molecule has 2 rings (SSSR count). The normalized spacial score (nSPS) is 10.3. The van der Waals surface area contributed by atoms with Crippen molar-refractivity contribution in [3.63, 3.8) is 0 Å². The van der Waals surface area contributed by atoms with Crippen molar-refractivity contribution >= 4 is 23.4 Å². The van der Waals surface area contributed by atoms with Gasteiger partial charge in [-0.1, -0.05) is 29.4 Å². The van der Waals surface area contributed by atoms with E-state index in [4.69, 9.17) is 16.3 Å². The highest BCUT2D eigenvalue weighted by Crippen LogP contribution is 2.18. The van der Waals surface area contributed by atoms with Gasteiger partial charge in [-0.25, -0.2) is 9.97 Å². The smallest absolute Gasteiger partial charge is 0.187 e. The Kier molecular flexibility index (Phi) is 4.84. The van der Waals surface area contributed by atoms with E-state index in [1.165, 1.54) is 0 Å². The number of benzene rings is 1. The van der Waals surface area contributed by atoms with Crippen LogP contribution in [0.3, 0.4) is 0 Å². The number of rotatable bonds is 5. The molecule has 1 aromatic carbocycles. The van der Waals surface area contributed by atoms with Crippen LogP contribution >= 0.6 is 23.4 Å². The Morgan fingerprint density at radius 2 is 2.06 bits per heavy atom. The molecule has 0 saturated carbocycles. The SMILES string of the molecule is Cc1cnc(SCCOc2cccc(Cl)c2)nc1. The Morgan fingerprint density at radius 3 is 2.78 bits per heavy atom. The summed E-state index contributed by atoms with van der Waals surface area (Å²) in [6.45, 7) is 2.57. The number of aryl methyl sites for hydroxylation is 1. The van der Waals surface area contributed by atoms with Crippen LogP contribution in [0.15, 0.2) is 41.8 Å². The summed E-state index contributed by atoms with van der Waals surface area (Å²) in [5.41, 5.74) is 1.06. The molecule has 0 atom stereocenters. The van der Waals surface area contributed by atoms with E-state index in [9.17, 15) is 0 Å². The average molecular weight is 281 g/mol. The van der Waals surface area contributed by atoms with Crippen LogP contribution in [0.2, 0.25) is 5.02 Å². The van der Waals surface area contributed by atoms with Gasteiger partial charge in [-0.3, -0.25) is 0 Å². The number of halogens is 1. The number of thioether (sulfide) groups is 1. The van der Waals surface area contributed by atoms with Crippen LogP contribution in [0.25, 0.3) is 0 Å². The second kappa shape index (κ2) is 6.61. The Hall–Kier alpha value is -1.26. The molecule has 3 nitrogen and oxygen atoms in total. The standard InChI is InChI=1S/C13H13ClN2OS/c1-10-8-15-13(16-9-10)18-6-5-17-12-4-2-3-11(14)7-12/h2-4,7-9H,5-6H2,1H3. The molecule has 0 N–H and O–H groups in total. The van der Waals surface area contributed by atoms with Crippen LogP contribution in [0, 0.1) is 6.92 Å². The molecule has 0 aliphatic heterocycles. The summed E-state index contributed by atoms with van der Waals surface area (Å²) in [6, 6.07) is 7.38. The van der Waals surface area contributed by atoms with Crippen molar-refractivity contribution in [2.75, 3.05) is 12.4 Å². The molecule has 0 bridgehead atoms. The van der Waals surface area contributed by atoms with Gasteiger partial charge < -0.3 is 4.74 Å². The van der Waals surface area contributed by atoms with Crippen molar-refractivity contribution in [2.45, 2.75) is 12.1 Å². The molecule has 0 saturated heterocycles. The summed E-state index contributed by atoms with van der Waals surface area (Å²) in [4.78, 5) is 8.42. The van der Waals surface area contributed by atoms with E-state index in [2.05, 4.69) is 9.97 Å². The predicted octanol–water partition coefficient (Wildman–Crippen LogP) is 3.61.